The number of fused-ring (bicyclic) bond motifs is 1. The van der Waals surface area contributed by atoms with Gasteiger partial charge in [-0.25, -0.2) is 0 Å². The third-order valence-corrected chi connectivity index (χ3v) is 3.40. The summed E-state index contributed by atoms with van der Waals surface area (Å²) in [6.45, 7) is 5.01. The number of ether oxygens (including phenoxy) is 1. The van der Waals surface area contributed by atoms with E-state index in [2.05, 4.69) is 49.4 Å². The Labute approximate surface area is 104 Å². The number of likely N-dealkylation sites (N-methyl/N-ethyl adjacent to an activating group) is 1. The van der Waals surface area contributed by atoms with Gasteiger partial charge in [-0.05, 0) is 38.2 Å². The molecule has 1 aromatic carbocycles. The van der Waals surface area contributed by atoms with Crippen molar-refractivity contribution in [2.24, 2.45) is 0 Å². The molecule has 17 heavy (non-hydrogen) atoms. The lowest BCUT2D eigenvalue weighted by Crippen LogP contribution is -2.35. The van der Waals surface area contributed by atoms with Gasteiger partial charge in [-0.2, -0.15) is 0 Å². The molecule has 1 aliphatic heterocycles. The molecular formula is C14H22N2O. The van der Waals surface area contributed by atoms with Gasteiger partial charge in [0.15, 0.2) is 0 Å². The van der Waals surface area contributed by atoms with Gasteiger partial charge >= 0.3 is 0 Å². The van der Waals surface area contributed by atoms with Crippen LogP contribution in [0.4, 0.5) is 0 Å². The molecule has 3 nitrogen and oxygen atoms in total. The smallest absolute Gasteiger partial charge is 0.122 e. The number of rotatable bonds is 5. The van der Waals surface area contributed by atoms with Crippen molar-refractivity contribution in [2.75, 3.05) is 27.2 Å². The summed E-state index contributed by atoms with van der Waals surface area (Å²) in [6.07, 6.45) is 1.05. The Balaban J connectivity index is 1.83. The summed E-state index contributed by atoms with van der Waals surface area (Å²) >= 11 is 0. The molecule has 1 aliphatic rings. The highest BCUT2D eigenvalue weighted by Gasteiger charge is 2.11. The van der Waals surface area contributed by atoms with Crippen molar-refractivity contribution in [2.45, 2.75) is 25.9 Å². The van der Waals surface area contributed by atoms with E-state index in [-0.39, 0.29) is 0 Å². The Bertz CT molecular complexity index is 376. The molecule has 0 fully saturated rings. The maximum atomic E-state index is 5.50. The number of nitrogens with one attached hydrogen (secondary N) is 1. The van der Waals surface area contributed by atoms with Crippen LogP contribution in [0.2, 0.25) is 0 Å². The van der Waals surface area contributed by atoms with Crippen LogP contribution < -0.4 is 10.1 Å². The number of nitrogens with zero attached hydrogens (tertiary/aromatic N) is 1. The van der Waals surface area contributed by atoms with Crippen LogP contribution in [0.5, 0.6) is 5.75 Å². The van der Waals surface area contributed by atoms with Gasteiger partial charge < -0.3 is 15.0 Å². The van der Waals surface area contributed by atoms with Crippen molar-refractivity contribution >= 4 is 0 Å². The first-order valence-corrected chi connectivity index (χ1v) is 6.28. The van der Waals surface area contributed by atoms with E-state index in [9.17, 15) is 0 Å². The van der Waals surface area contributed by atoms with Crippen LogP contribution in [0.15, 0.2) is 18.2 Å². The second-order valence-electron chi connectivity index (χ2n) is 4.98. The molecule has 0 aromatic heterocycles. The zero-order chi connectivity index (χ0) is 12.3. The van der Waals surface area contributed by atoms with E-state index in [4.69, 9.17) is 4.74 Å². The van der Waals surface area contributed by atoms with Gasteiger partial charge in [-0.15, -0.1) is 0 Å². The van der Waals surface area contributed by atoms with Gasteiger partial charge in [0.25, 0.3) is 0 Å². The Hall–Kier alpha value is -1.06. The van der Waals surface area contributed by atoms with E-state index in [0.29, 0.717) is 6.04 Å². The Morgan fingerprint density at radius 2 is 2.24 bits per heavy atom. The van der Waals surface area contributed by atoms with Crippen molar-refractivity contribution in [3.8, 4) is 5.75 Å². The molecule has 0 saturated carbocycles. The zero-order valence-corrected chi connectivity index (χ0v) is 11.0. The highest BCUT2D eigenvalue weighted by molar-refractivity contribution is 5.39. The quantitative estimate of drug-likeness (QED) is 0.838. The fourth-order valence-electron chi connectivity index (χ4n) is 1.96. The first kappa shape index (κ1) is 12.4. The van der Waals surface area contributed by atoms with Crippen LogP contribution in [0, 0.1) is 0 Å². The Morgan fingerprint density at radius 3 is 3.00 bits per heavy atom. The summed E-state index contributed by atoms with van der Waals surface area (Å²) in [6, 6.07) is 7.06. The Morgan fingerprint density at radius 1 is 1.41 bits per heavy atom. The topological polar surface area (TPSA) is 24.5 Å². The number of hydrogen-bond acceptors (Lipinski definition) is 3. The van der Waals surface area contributed by atoms with E-state index in [1.165, 1.54) is 11.1 Å². The van der Waals surface area contributed by atoms with Gasteiger partial charge in [0, 0.05) is 25.6 Å². The predicted octanol–water partition coefficient (Wildman–Crippen LogP) is 1.66. The van der Waals surface area contributed by atoms with Crippen molar-refractivity contribution in [3.05, 3.63) is 29.3 Å². The molecule has 0 saturated heterocycles. The minimum absolute atomic E-state index is 0.563. The van der Waals surface area contributed by atoms with Crippen LogP contribution in [0.3, 0.4) is 0 Å². The lowest BCUT2D eigenvalue weighted by Gasteiger charge is -2.20. The maximum absolute atomic E-state index is 5.50. The zero-order valence-electron chi connectivity index (χ0n) is 11.0. The monoisotopic (exact) mass is 234 g/mol. The summed E-state index contributed by atoms with van der Waals surface area (Å²) < 4.78 is 5.50. The lowest BCUT2D eigenvalue weighted by atomic mass is 10.1. The van der Waals surface area contributed by atoms with Crippen molar-refractivity contribution in [1.29, 1.82) is 0 Å². The molecule has 1 atom stereocenters. The van der Waals surface area contributed by atoms with Gasteiger partial charge in [0.05, 0.1) is 6.61 Å². The molecular weight excluding hydrogens is 212 g/mol. The average molecular weight is 234 g/mol. The van der Waals surface area contributed by atoms with Gasteiger partial charge in [0.1, 0.15) is 5.75 Å². The highest BCUT2D eigenvalue weighted by Crippen LogP contribution is 2.25. The largest absolute Gasteiger partial charge is 0.493 e. The molecule has 0 aliphatic carbocycles. The summed E-state index contributed by atoms with van der Waals surface area (Å²) in [4.78, 5) is 2.23. The second-order valence-corrected chi connectivity index (χ2v) is 4.98. The van der Waals surface area contributed by atoms with Crippen LogP contribution in [-0.2, 0) is 13.0 Å². The van der Waals surface area contributed by atoms with Crippen molar-refractivity contribution in [3.63, 3.8) is 0 Å². The minimum Gasteiger partial charge on any atom is -0.493 e. The molecule has 1 aromatic rings. The highest BCUT2D eigenvalue weighted by atomic mass is 16.5. The molecule has 0 bridgehead atoms. The van der Waals surface area contributed by atoms with Crippen molar-refractivity contribution in [1.82, 2.24) is 10.2 Å². The first-order valence-electron chi connectivity index (χ1n) is 6.28. The minimum atomic E-state index is 0.563. The van der Waals surface area contributed by atoms with E-state index in [0.717, 1.165) is 31.9 Å². The Kier molecular flexibility index (Phi) is 4.02. The predicted molar refractivity (Wildman–Crippen MR) is 70.5 cm³/mol. The van der Waals surface area contributed by atoms with E-state index < -0.39 is 0 Å². The molecule has 1 unspecified atom stereocenters. The summed E-state index contributed by atoms with van der Waals surface area (Å²) in [5.41, 5.74) is 2.70. The van der Waals surface area contributed by atoms with Gasteiger partial charge in [-0.3, -0.25) is 0 Å². The lowest BCUT2D eigenvalue weighted by molar-refractivity contribution is 0.302. The molecule has 94 valence electrons. The summed E-state index contributed by atoms with van der Waals surface area (Å²) in [5, 5.41) is 3.49. The van der Waals surface area contributed by atoms with Gasteiger partial charge in [0.2, 0.25) is 0 Å². The van der Waals surface area contributed by atoms with E-state index in [1.54, 1.807) is 0 Å². The number of hydrogen-bond donors (Lipinski definition) is 1. The van der Waals surface area contributed by atoms with Crippen LogP contribution in [0.25, 0.3) is 0 Å². The molecule has 3 heteroatoms. The first-order chi connectivity index (χ1) is 8.16. The molecule has 2 rings (SSSR count). The van der Waals surface area contributed by atoms with Gasteiger partial charge in [-0.1, -0.05) is 12.1 Å². The van der Waals surface area contributed by atoms with Crippen molar-refractivity contribution < 1.29 is 4.74 Å². The fraction of sp³-hybridized carbons (Fsp3) is 0.571. The SMILES string of the molecule is CC(CNCc1ccc2c(c1)CCO2)N(C)C. The summed E-state index contributed by atoms with van der Waals surface area (Å²) in [5.74, 6) is 1.07. The van der Waals surface area contributed by atoms with Crippen LogP contribution >= 0.6 is 0 Å². The molecule has 0 amide bonds. The standard InChI is InChI=1S/C14H22N2O/c1-11(16(2)3)9-15-10-12-4-5-14-13(8-12)6-7-17-14/h4-5,8,11,15H,6-7,9-10H2,1-3H3. The average Bonchev–Trinajstić information content (AvgIpc) is 2.75. The van der Waals surface area contributed by atoms with Crippen LogP contribution in [0.1, 0.15) is 18.1 Å². The molecule has 0 spiro atoms. The maximum Gasteiger partial charge on any atom is 0.122 e. The molecule has 1 heterocycles. The third-order valence-electron chi connectivity index (χ3n) is 3.40. The van der Waals surface area contributed by atoms with E-state index >= 15 is 0 Å². The number of benzene rings is 1. The third kappa shape index (κ3) is 3.20. The van der Waals surface area contributed by atoms with E-state index in [1.807, 2.05) is 0 Å². The fourth-order valence-corrected chi connectivity index (χ4v) is 1.96. The molecule has 0 radical (unpaired) electrons. The van der Waals surface area contributed by atoms with Crippen LogP contribution in [-0.4, -0.2) is 38.2 Å². The summed E-state index contributed by atoms with van der Waals surface area (Å²) in [7, 11) is 4.22. The second kappa shape index (κ2) is 5.52. The normalized spacial score (nSPS) is 15.8. The molecule has 1 N–H and O–H groups in total.